The summed E-state index contributed by atoms with van der Waals surface area (Å²) in [6.07, 6.45) is 1.89. The van der Waals surface area contributed by atoms with Crippen LogP contribution in [-0.2, 0) is 10.0 Å². The Morgan fingerprint density at radius 2 is 1.66 bits per heavy atom. The average Bonchev–Trinajstić information content (AvgIpc) is 2.85. The number of para-hydroxylation sites is 1. The molecule has 1 unspecified atom stereocenters. The van der Waals surface area contributed by atoms with Crippen molar-refractivity contribution < 1.29 is 17.2 Å². The Morgan fingerprint density at radius 1 is 1.00 bits per heavy atom. The Kier molecular flexibility index (Phi) is 7.10. The standard InChI is InChI=1S/C25H23F2N5O2S/c1-18-8-5-6-13-22(18)30-25(29-17-28)31-14-15-32(23(16-31)19-9-3-2-4-10-19)35(33,34)24-20(26)11-7-12-21(24)27/h2-13,23H,14-16H2,1H3,(H,29,30). The quantitative estimate of drug-likeness (QED) is 0.255. The molecule has 4 rings (SSSR count). The largest absolute Gasteiger partial charge is 0.339 e. The maximum absolute atomic E-state index is 14.5. The van der Waals surface area contributed by atoms with Gasteiger partial charge in [-0.1, -0.05) is 54.6 Å². The lowest BCUT2D eigenvalue weighted by Gasteiger charge is -2.41. The number of nitrogens with one attached hydrogen (secondary N) is 1. The number of nitrogens with zero attached hydrogens (tertiary/aromatic N) is 4. The van der Waals surface area contributed by atoms with Crippen molar-refractivity contribution in [3.8, 4) is 6.19 Å². The lowest BCUT2D eigenvalue weighted by Crippen LogP contribution is -2.54. The summed E-state index contributed by atoms with van der Waals surface area (Å²) in [4.78, 5) is 5.38. The van der Waals surface area contributed by atoms with Crippen molar-refractivity contribution in [1.82, 2.24) is 14.5 Å². The third kappa shape index (κ3) is 5.01. The van der Waals surface area contributed by atoms with E-state index in [1.54, 1.807) is 35.2 Å². The first-order valence-corrected chi connectivity index (χ1v) is 12.3. The van der Waals surface area contributed by atoms with Crippen LogP contribution in [0, 0.1) is 30.0 Å². The fourth-order valence-electron chi connectivity index (χ4n) is 4.07. The highest BCUT2D eigenvalue weighted by Gasteiger charge is 2.40. The molecular formula is C25H23F2N5O2S. The van der Waals surface area contributed by atoms with Crippen LogP contribution in [0.25, 0.3) is 0 Å². The zero-order valence-electron chi connectivity index (χ0n) is 18.9. The van der Waals surface area contributed by atoms with Crippen LogP contribution in [0.4, 0.5) is 14.5 Å². The van der Waals surface area contributed by atoms with E-state index in [-0.39, 0.29) is 25.6 Å². The minimum atomic E-state index is -4.52. The van der Waals surface area contributed by atoms with E-state index in [1.807, 2.05) is 37.4 Å². The van der Waals surface area contributed by atoms with Gasteiger partial charge in [-0.3, -0.25) is 5.32 Å². The van der Waals surface area contributed by atoms with Gasteiger partial charge in [0, 0.05) is 19.6 Å². The normalized spacial score (nSPS) is 17.1. The molecule has 1 heterocycles. The molecule has 1 fully saturated rings. The van der Waals surface area contributed by atoms with Gasteiger partial charge in [-0.25, -0.2) is 22.2 Å². The minimum Gasteiger partial charge on any atom is -0.339 e. The van der Waals surface area contributed by atoms with Crippen LogP contribution < -0.4 is 5.32 Å². The van der Waals surface area contributed by atoms with Gasteiger partial charge < -0.3 is 4.90 Å². The van der Waals surface area contributed by atoms with Crippen LogP contribution in [0.5, 0.6) is 0 Å². The van der Waals surface area contributed by atoms with E-state index >= 15 is 0 Å². The highest BCUT2D eigenvalue weighted by atomic mass is 32.2. The van der Waals surface area contributed by atoms with Crippen LogP contribution >= 0.6 is 0 Å². The molecule has 1 aliphatic heterocycles. The van der Waals surface area contributed by atoms with Gasteiger partial charge in [0.2, 0.25) is 16.0 Å². The van der Waals surface area contributed by atoms with Gasteiger partial charge in [0.1, 0.15) is 11.6 Å². The van der Waals surface area contributed by atoms with E-state index in [1.165, 1.54) is 0 Å². The van der Waals surface area contributed by atoms with Crippen molar-refractivity contribution in [2.75, 3.05) is 19.6 Å². The first-order valence-electron chi connectivity index (χ1n) is 10.9. The Morgan fingerprint density at radius 3 is 2.31 bits per heavy atom. The summed E-state index contributed by atoms with van der Waals surface area (Å²) >= 11 is 0. The second kappa shape index (κ2) is 10.2. The van der Waals surface area contributed by atoms with Gasteiger partial charge in [0.05, 0.1) is 11.7 Å². The van der Waals surface area contributed by atoms with Crippen molar-refractivity contribution in [3.05, 3.63) is 95.6 Å². The molecule has 1 N–H and O–H groups in total. The molecular weight excluding hydrogens is 472 g/mol. The molecule has 7 nitrogen and oxygen atoms in total. The number of aliphatic imine (C=N–C) groups is 1. The fraction of sp³-hybridized carbons (Fsp3) is 0.200. The molecule has 1 atom stereocenters. The van der Waals surface area contributed by atoms with Crippen molar-refractivity contribution >= 4 is 21.7 Å². The van der Waals surface area contributed by atoms with Gasteiger partial charge in [-0.05, 0) is 36.2 Å². The lowest BCUT2D eigenvalue weighted by atomic mass is 10.0. The summed E-state index contributed by atoms with van der Waals surface area (Å²) in [6.45, 7) is 2.08. The Balaban J connectivity index is 1.75. The highest BCUT2D eigenvalue weighted by molar-refractivity contribution is 7.89. The molecule has 0 amide bonds. The number of piperazine rings is 1. The van der Waals surface area contributed by atoms with E-state index in [0.29, 0.717) is 11.3 Å². The van der Waals surface area contributed by atoms with Gasteiger partial charge in [0.25, 0.3) is 0 Å². The van der Waals surface area contributed by atoms with Crippen LogP contribution in [0.1, 0.15) is 17.2 Å². The van der Waals surface area contributed by atoms with Crippen LogP contribution in [0.2, 0.25) is 0 Å². The molecule has 0 spiro atoms. The summed E-state index contributed by atoms with van der Waals surface area (Å²) in [5.41, 5.74) is 2.20. The molecule has 0 bridgehead atoms. The number of benzene rings is 3. The van der Waals surface area contributed by atoms with E-state index < -0.39 is 32.6 Å². The Hall–Kier alpha value is -3.81. The number of hydrogen-bond acceptors (Lipinski definition) is 4. The highest BCUT2D eigenvalue weighted by Crippen LogP contribution is 2.33. The summed E-state index contributed by atoms with van der Waals surface area (Å²) in [5, 5.41) is 11.9. The van der Waals surface area contributed by atoms with Crippen LogP contribution in [0.15, 0.2) is 82.7 Å². The number of guanidine groups is 1. The van der Waals surface area contributed by atoms with Crippen molar-refractivity contribution in [3.63, 3.8) is 0 Å². The van der Waals surface area contributed by atoms with E-state index in [2.05, 4.69) is 10.3 Å². The lowest BCUT2D eigenvalue weighted by molar-refractivity contribution is 0.191. The Labute approximate surface area is 203 Å². The molecule has 1 saturated heterocycles. The smallest absolute Gasteiger partial charge is 0.249 e. The van der Waals surface area contributed by atoms with Crippen LogP contribution in [0.3, 0.4) is 0 Å². The SMILES string of the molecule is Cc1ccccc1N=C(NC#N)N1CCN(S(=O)(=O)c2c(F)cccc2F)C(c2ccccc2)C1. The molecule has 10 heteroatoms. The predicted octanol–water partition coefficient (Wildman–Crippen LogP) is 4.08. The fourth-order valence-corrected chi connectivity index (χ4v) is 5.78. The van der Waals surface area contributed by atoms with Crippen molar-refractivity contribution in [2.45, 2.75) is 17.9 Å². The zero-order chi connectivity index (χ0) is 25.0. The summed E-state index contributed by atoms with van der Waals surface area (Å²) in [7, 11) is -4.52. The number of aryl methyl sites for hydroxylation is 1. The third-order valence-corrected chi connectivity index (χ3v) is 7.77. The molecule has 0 saturated carbocycles. The molecule has 3 aromatic carbocycles. The minimum absolute atomic E-state index is 0.0738. The van der Waals surface area contributed by atoms with Crippen molar-refractivity contribution in [1.29, 1.82) is 5.26 Å². The summed E-state index contributed by atoms with van der Waals surface area (Å²) < 4.78 is 57.1. The van der Waals surface area contributed by atoms with Crippen LogP contribution in [-0.4, -0.2) is 43.2 Å². The summed E-state index contributed by atoms with van der Waals surface area (Å²) in [5.74, 6) is -2.03. The third-order valence-electron chi connectivity index (χ3n) is 5.81. The van der Waals surface area contributed by atoms with Gasteiger partial charge in [0.15, 0.2) is 11.1 Å². The number of rotatable bonds is 4. The molecule has 0 radical (unpaired) electrons. The van der Waals surface area contributed by atoms with Crippen molar-refractivity contribution in [2.24, 2.45) is 4.99 Å². The molecule has 0 aromatic heterocycles. The second-order valence-corrected chi connectivity index (χ2v) is 9.83. The van der Waals surface area contributed by atoms with E-state index in [9.17, 15) is 22.5 Å². The Bertz CT molecular complexity index is 1370. The van der Waals surface area contributed by atoms with Gasteiger partial charge in [-0.15, -0.1) is 0 Å². The molecule has 35 heavy (non-hydrogen) atoms. The van der Waals surface area contributed by atoms with Gasteiger partial charge >= 0.3 is 0 Å². The zero-order valence-corrected chi connectivity index (χ0v) is 19.7. The number of sulfonamides is 1. The molecule has 180 valence electrons. The maximum atomic E-state index is 14.5. The molecule has 0 aliphatic carbocycles. The monoisotopic (exact) mass is 495 g/mol. The number of nitriles is 1. The second-order valence-electron chi connectivity index (χ2n) is 8.00. The van der Waals surface area contributed by atoms with E-state index in [4.69, 9.17) is 0 Å². The predicted molar refractivity (Wildman–Crippen MR) is 128 cm³/mol. The number of hydrogen-bond donors (Lipinski definition) is 1. The average molecular weight is 496 g/mol. The molecule has 1 aliphatic rings. The summed E-state index contributed by atoms with van der Waals surface area (Å²) in [6, 6.07) is 18.4. The maximum Gasteiger partial charge on any atom is 0.249 e. The van der Waals surface area contributed by atoms with Gasteiger partial charge in [-0.2, -0.15) is 9.57 Å². The first-order chi connectivity index (χ1) is 16.8. The van der Waals surface area contributed by atoms with E-state index in [0.717, 1.165) is 28.1 Å². The first kappa shape index (κ1) is 24.3. The topological polar surface area (TPSA) is 88.8 Å². The molecule has 3 aromatic rings. The number of halogens is 2.